The van der Waals surface area contributed by atoms with Crippen LogP contribution in [0.5, 0.6) is 5.75 Å². The summed E-state index contributed by atoms with van der Waals surface area (Å²) < 4.78 is 5.70. The minimum absolute atomic E-state index is 0.237. The lowest BCUT2D eigenvalue weighted by Crippen LogP contribution is -2.42. The third kappa shape index (κ3) is 3.66. The van der Waals surface area contributed by atoms with Crippen LogP contribution in [0.25, 0.3) is 0 Å². The van der Waals surface area contributed by atoms with E-state index in [1.54, 1.807) is 24.7 Å². The van der Waals surface area contributed by atoms with Crippen LogP contribution >= 0.6 is 0 Å². The number of hydrogen-bond donors (Lipinski definition) is 1. The van der Waals surface area contributed by atoms with Crippen molar-refractivity contribution in [2.45, 2.75) is 25.5 Å². The van der Waals surface area contributed by atoms with Crippen LogP contribution in [0.1, 0.15) is 18.7 Å². The van der Waals surface area contributed by atoms with Crippen molar-refractivity contribution in [3.05, 3.63) is 42.7 Å². The molecule has 21 heavy (non-hydrogen) atoms. The molecule has 1 aliphatic heterocycles. The lowest BCUT2D eigenvalue weighted by molar-refractivity contribution is 0.294. The predicted molar refractivity (Wildman–Crippen MR) is 80.0 cm³/mol. The second-order valence-electron chi connectivity index (χ2n) is 5.18. The van der Waals surface area contributed by atoms with Crippen molar-refractivity contribution in [2.75, 3.05) is 18.0 Å². The molecule has 1 saturated heterocycles. The molecule has 6 heteroatoms. The number of nitrogens with zero attached hydrogens (tertiary/aromatic N) is 4. The average molecular weight is 285 g/mol. The summed E-state index contributed by atoms with van der Waals surface area (Å²) >= 11 is 0. The third-order valence-corrected chi connectivity index (χ3v) is 3.51. The van der Waals surface area contributed by atoms with Crippen LogP contribution in [0.4, 0.5) is 5.69 Å². The average Bonchev–Trinajstić information content (AvgIpc) is 2.54. The summed E-state index contributed by atoms with van der Waals surface area (Å²) in [6.45, 7) is 2.22. The van der Waals surface area contributed by atoms with E-state index in [-0.39, 0.29) is 6.04 Å². The topological polar surface area (TPSA) is 77.2 Å². The van der Waals surface area contributed by atoms with Crippen LogP contribution in [-0.4, -0.2) is 34.1 Å². The van der Waals surface area contributed by atoms with Crippen LogP contribution in [0.3, 0.4) is 0 Å². The minimum Gasteiger partial charge on any atom is -0.484 e. The standard InChI is InChI=1S/C15H19N5O/c16-12-3-1-6-20(10-12)13-7-14(9-17-8-13)21-11-15-18-4-2-5-19-15/h2,4-5,7-9,12H,1,3,6,10-11,16H2. The summed E-state index contributed by atoms with van der Waals surface area (Å²) in [5.41, 5.74) is 7.08. The second kappa shape index (κ2) is 6.49. The molecule has 2 aromatic heterocycles. The highest BCUT2D eigenvalue weighted by Gasteiger charge is 2.17. The van der Waals surface area contributed by atoms with E-state index in [0.29, 0.717) is 12.4 Å². The van der Waals surface area contributed by atoms with Gasteiger partial charge < -0.3 is 15.4 Å². The van der Waals surface area contributed by atoms with Crippen LogP contribution in [0, 0.1) is 0 Å². The predicted octanol–water partition coefficient (Wildman–Crippen LogP) is 1.38. The van der Waals surface area contributed by atoms with E-state index in [1.165, 1.54) is 0 Å². The van der Waals surface area contributed by atoms with Crippen molar-refractivity contribution in [1.29, 1.82) is 0 Å². The Morgan fingerprint density at radius 2 is 2.14 bits per heavy atom. The molecule has 1 atom stereocenters. The Kier molecular flexibility index (Phi) is 4.25. The Balaban J connectivity index is 1.65. The first-order chi connectivity index (χ1) is 10.3. The Bertz CT molecular complexity index is 577. The molecular formula is C15H19N5O. The first kappa shape index (κ1) is 13.8. The van der Waals surface area contributed by atoms with Gasteiger partial charge in [0.1, 0.15) is 12.4 Å². The molecule has 0 radical (unpaired) electrons. The van der Waals surface area contributed by atoms with Crippen molar-refractivity contribution in [2.24, 2.45) is 5.73 Å². The van der Waals surface area contributed by atoms with E-state index >= 15 is 0 Å². The Morgan fingerprint density at radius 1 is 1.29 bits per heavy atom. The molecule has 1 fully saturated rings. The van der Waals surface area contributed by atoms with E-state index in [2.05, 4.69) is 19.9 Å². The fourth-order valence-electron chi connectivity index (χ4n) is 2.46. The molecular weight excluding hydrogens is 266 g/mol. The van der Waals surface area contributed by atoms with Gasteiger partial charge in [0.05, 0.1) is 18.1 Å². The first-order valence-corrected chi connectivity index (χ1v) is 7.15. The van der Waals surface area contributed by atoms with Crippen LogP contribution in [-0.2, 0) is 6.61 Å². The van der Waals surface area contributed by atoms with Gasteiger partial charge in [-0.15, -0.1) is 0 Å². The first-order valence-electron chi connectivity index (χ1n) is 7.15. The number of nitrogens with two attached hydrogens (primary N) is 1. The fourth-order valence-corrected chi connectivity index (χ4v) is 2.46. The van der Waals surface area contributed by atoms with Gasteiger partial charge in [0.2, 0.25) is 0 Å². The summed E-state index contributed by atoms with van der Waals surface area (Å²) in [4.78, 5) is 14.8. The van der Waals surface area contributed by atoms with Gasteiger partial charge >= 0.3 is 0 Å². The van der Waals surface area contributed by atoms with Gasteiger partial charge in [0.25, 0.3) is 0 Å². The highest BCUT2D eigenvalue weighted by atomic mass is 16.5. The van der Waals surface area contributed by atoms with E-state index in [0.717, 1.165) is 37.4 Å². The normalized spacial score (nSPS) is 18.5. The zero-order chi connectivity index (χ0) is 14.5. The monoisotopic (exact) mass is 285 g/mol. The number of aromatic nitrogens is 3. The molecule has 3 rings (SSSR count). The number of pyridine rings is 1. The van der Waals surface area contributed by atoms with Crippen molar-refractivity contribution in [1.82, 2.24) is 15.0 Å². The third-order valence-electron chi connectivity index (χ3n) is 3.51. The number of anilines is 1. The molecule has 110 valence electrons. The summed E-state index contributed by atoms with van der Waals surface area (Å²) in [5.74, 6) is 1.38. The molecule has 6 nitrogen and oxygen atoms in total. The lowest BCUT2D eigenvalue weighted by atomic mass is 10.1. The van der Waals surface area contributed by atoms with Crippen LogP contribution in [0.2, 0.25) is 0 Å². The van der Waals surface area contributed by atoms with Gasteiger partial charge in [-0.3, -0.25) is 4.98 Å². The van der Waals surface area contributed by atoms with Gasteiger partial charge in [0, 0.05) is 37.6 Å². The number of ether oxygens (including phenoxy) is 1. The maximum Gasteiger partial charge on any atom is 0.166 e. The quantitative estimate of drug-likeness (QED) is 0.914. The Labute approximate surface area is 124 Å². The molecule has 1 aliphatic rings. The summed E-state index contributed by atoms with van der Waals surface area (Å²) in [5, 5.41) is 0. The molecule has 0 aromatic carbocycles. The summed E-state index contributed by atoms with van der Waals surface area (Å²) in [6, 6.07) is 4.01. The fraction of sp³-hybridized carbons (Fsp3) is 0.400. The second-order valence-corrected chi connectivity index (χ2v) is 5.18. The maximum absolute atomic E-state index is 6.03. The molecule has 0 spiro atoms. The molecule has 1 unspecified atom stereocenters. The van der Waals surface area contributed by atoms with E-state index in [9.17, 15) is 0 Å². The van der Waals surface area contributed by atoms with E-state index < -0.39 is 0 Å². The van der Waals surface area contributed by atoms with Crippen molar-refractivity contribution >= 4 is 5.69 Å². The zero-order valence-corrected chi connectivity index (χ0v) is 11.9. The molecule has 0 saturated carbocycles. The highest BCUT2D eigenvalue weighted by molar-refractivity contribution is 5.48. The molecule has 3 heterocycles. The van der Waals surface area contributed by atoms with Crippen molar-refractivity contribution in [3.63, 3.8) is 0 Å². The number of rotatable bonds is 4. The van der Waals surface area contributed by atoms with Crippen molar-refractivity contribution < 1.29 is 4.74 Å². The number of piperidine rings is 1. The Morgan fingerprint density at radius 3 is 2.95 bits per heavy atom. The Hall–Kier alpha value is -2.21. The number of hydrogen-bond acceptors (Lipinski definition) is 6. The molecule has 2 aromatic rings. The lowest BCUT2D eigenvalue weighted by Gasteiger charge is -2.32. The SMILES string of the molecule is NC1CCCN(c2cncc(OCc3ncccn3)c2)C1. The van der Waals surface area contributed by atoms with E-state index in [4.69, 9.17) is 10.5 Å². The van der Waals surface area contributed by atoms with Gasteiger partial charge in [-0.05, 0) is 18.9 Å². The molecule has 0 bridgehead atoms. The van der Waals surface area contributed by atoms with Crippen LogP contribution in [0.15, 0.2) is 36.9 Å². The van der Waals surface area contributed by atoms with Crippen LogP contribution < -0.4 is 15.4 Å². The molecule has 0 amide bonds. The smallest absolute Gasteiger partial charge is 0.166 e. The largest absolute Gasteiger partial charge is 0.484 e. The van der Waals surface area contributed by atoms with E-state index in [1.807, 2.05) is 12.3 Å². The summed E-state index contributed by atoms with van der Waals surface area (Å²) in [6.07, 6.45) is 9.17. The zero-order valence-electron chi connectivity index (χ0n) is 11.9. The molecule has 0 aliphatic carbocycles. The maximum atomic E-state index is 6.03. The van der Waals surface area contributed by atoms with Gasteiger partial charge in [-0.1, -0.05) is 0 Å². The van der Waals surface area contributed by atoms with Gasteiger partial charge in [0.15, 0.2) is 5.82 Å². The van der Waals surface area contributed by atoms with Crippen molar-refractivity contribution in [3.8, 4) is 5.75 Å². The minimum atomic E-state index is 0.237. The summed E-state index contributed by atoms with van der Waals surface area (Å²) in [7, 11) is 0. The van der Waals surface area contributed by atoms with Gasteiger partial charge in [-0.2, -0.15) is 0 Å². The molecule has 2 N–H and O–H groups in total. The van der Waals surface area contributed by atoms with Gasteiger partial charge in [-0.25, -0.2) is 9.97 Å². The highest BCUT2D eigenvalue weighted by Crippen LogP contribution is 2.23.